The zero-order valence-electron chi connectivity index (χ0n) is 12.7. The van der Waals surface area contributed by atoms with Crippen molar-refractivity contribution in [1.29, 1.82) is 0 Å². The first-order valence-electron chi connectivity index (χ1n) is 6.97. The Balaban J connectivity index is 2.29. The average Bonchev–Trinajstić information content (AvgIpc) is 2.41. The lowest BCUT2D eigenvalue weighted by Crippen LogP contribution is -2.67. The Hall–Kier alpha value is -0.750. The van der Waals surface area contributed by atoms with Crippen molar-refractivity contribution in [3.05, 3.63) is 12.7 Å². The standard InChI is InChI=1S/C15H24O5/c1-6-7-10-8-11(16)9-12-13(10)20-15(3,18-5)14(2,17-4)19-12/h6,10,12-13H,1,7-9H2,2-5H3/t10-,12+,13+,14-,15-/m0/s1. The molecule has 0 amide bonds. The van der Waals surface area contributed by atoms with Gasteiger partial charge < -0.3 is 18.9 Å². The highest BCUT2D eigenvalue weighted by Crippen LogP contribution is 2.44. The van der Waals surface area contributed by atoms with E-state index in [0.29, 0.717) is 12.8 Å². The van der Waals surface area contributed by atoms with Crippen LogP contribution in [0.2, 0.25) is 0 Å². The van der Waals surface area contributed by atoms with E-state index in [2.05, 4.69) is 6.58 Å². The van der Waals surface area contributed by atoms with E-state index in [9.17, 15) is 4.79 Å². The summed E-state index contributed by atoms with van der Waals surface area (Å²) in [5.41, 5.74) is 0. The molecule has 1 saturated carbocycles. The molecule has 1 heterocycles. The molecular formula is C15H24O5. The summed E-state index contributed by atoms with van der Waals surface area (Å²) < 4.78 is 23.2. The third-order valence-corrected chi connectivity index (χ3v) is 4.56. The van der Waals surface area contributed by atoms with E-state index < -0.39 is 11.6 Å². The molecule has 114 valence electrons. The molecule has 5 heteroatoms. The Labute approximate surface area is 120 Å². The van der Waals surface area contributed by atoms with Gasteiger partial charge in [0.2, 0.25) is 11.6 Å². The summed E-state index contributed by atoms with van der Waals surface area (Å²) >= 11 is 0. The van der Waals surface area contributed by atoms with Crippen molar-refractivity contribution in [2.45, 2.75) is 56.9 Å². The lowest BCUT2D eigenvalue weighted by atomic mass is 9.80. The number of rotatable bonds is 4. The highest BCUT2D eigenvalue weighted by atomic mass is 16.8. The summed E-state index contributed by atoms with van der Waals surface area (Å²) in [6, 6.07) is 0. The molecule has 2 aliphatic rings. The van der Waals surface area contributed by atoms with Gasteiger partial charge in [-0.25, -0.2) is 0 Å². The second-order valence-electron chi connectivity index (χ2n) is 5.77. The second-order valence-corrected chi connectivity index (χ2v) is 5.77. The van der Waals surface area contributed by atoms with Gasteiger partial charge in [-0.15, -0.1) is 6.58 Å². The molecule has 2 rings (SSSR count). The van der Waals surface area contributed by atoms with Gasteiger partial charge in [0.05, 0.1) is 12.2 Å². The molecule has 20 heavy (non-hydrogen) atoms. The van der Waals surface area contributed by atoms with E-state index in [0.717, 1.165) is 6.42 Å². The highest BCUT2D eigenvalue weighted by Gasteiger charge is 2.59. The van der Waals surface area contributed by atoms with Crippen LogP contribution in [0.25, 0.3) is 0 Å². The fourth-order valence-electron chi connectivity index (χ4n) is 3.08. The number of hydrogen-bond acceptors (Lipinski definition) is 5. The lowest BCUT2D eigenvalue weighted by Gasteiger charge is -2.54. The van der Waals surface area contributed by atoms with E-state index in [1.54, 1.807) is 28.1 Å². The summed E-state index contributed by atoms with van der Waals surface area (Å²) in [5, 5.41) is 0. The van der Waals surface area contributed by atoms with E-state index in [1.807, 2.05) is 6.08 Å². The van der Waals surface area contributed by atoms with Crippen LogP contribution in [0.4, 0.5) is 0 Å². The van der Waals surface area contributed by atoms with Crippen molar-refractivity contribution in [3.63, 3.8) is 0 Å². The smallest absolute Gasteiger partial charge is 0.220 e. The third-order valence-electron chi connectivity index (χ3n) is 4.56. The molecule has 1 aliphatic carbocycles. The molecule has 0 aromatic rings. The number of hydrogen-bond donors (Lipinski definition) is 0. The van der Waals surface area contributed by atoms with Gasteiger partial charge in [0.1, 0.15) is 5.78 Å². The topological polar surface area (TPSA) is 54.0 Å². The van der Waals surface area contributed by atoms with E-state index in [1.165, 1.54) is 0 Å². The minimum absolute atomic E-state index is 0.0784. The number of Topliss-reactive ketones (excluding diaryl/α,β-unsaturated/α-hetero) is 1. The van der Waals surface area contributed by atoms with Gasteiger partial charge in [0.15, 0.2) is 0 Å². The van der Waals surface area contributed by atoms with Crippen LogP contribution in [-0.4, -0.2) is 43.8 Å². The van der Waals surface area contributed by atoms with Gasteiger partial charge in [0.25, 0.3) is 0 Å². The minimum Gasteiger partial charge on any atom is -0.349 e. The summed E-state index contributed by atoms with van der Waals surface area (Å²) in [6.07, 6.45) is 2.92. The third kappa shape index (κ3) is 2.44. The van der Waals surface area contributed by atoms with Crippen LogP contribution in [-0.2, 0) is 23.7 Å². The number of methoxy groups -OCH3 is 2. The van der Waals surface area contributed by atoms with Crippen molar-refractivity contribution in [2.24, 2.45) is 5.92 Å². The predicted molar refractivity (Wildman–Crippen MR) is 73.1 cm³/mol. The summed E-state index contributed by atoms with van der Waals surface area (Å²) in [6.45, 7) is 7.33. The number of carbonyl (C=O) groups excluding carboxylic acids is 1. The van der Waals surface area contributed by atoms with Crippen molar-refractivity contribution in [1.82, 2.24) is 0 Å². The zero-order chi connectivity index (χ0) is 15.0. The summed E-state index contributed by atoms with van der Waals surface area (Å²) in [7, 11) is 3.12. The molecule has 2 fully saturated rings. The Morgan fingerprint density at radius 3 is 2.40 bits per heavy atom. The van der Waals surface area contributed by atoms with Crippen molar-refractivity contribution in [2.75, 3.05) is 14.2 Å². The number of fused-ring (bicyclic) bond motifs is 1. The monoisotopic (exact) mass is 284 g/mol. The Bertz CT molecular complexity index is 396. The van der Waals surface area contributed by atoms with Crippen LogP contribution in [0, 0.1) is 5.92 Å². The minimum atomic E-state index is -1.04. The number of ether oxygens (including phenoxy) is 4. The first-order valence-corrected chi connectivity index (χ1v) is 6.97. The largest absolute Gasteiger partial charge is 0.349 e. The van der Waals surface area contributed by atoms with Crippen LogP contribution < -0.4 is 0 Å². The number of carbonyl (C=O) groups is 1. The van der Waals surface area contributed by atoms with Crippen LogP contribution in [0.1, 0.15) is 33.1 Å². The Morgan fingerprint density at radius 2 is 1.85 bits per heavy atom. The molecule has 0 aromatic heterocycles. The molecule has 0 N–H and O–H groups in total. The van der Waals surface area contributed by atoms with Crippen LogP contribution >= 0.6 is 0 Å². The van der Waals surface area contributed by atoms with E-state index >= 15 is 0 Å². The van der Waals surface area contributed by atoms with Gasteiger partial charge >= 0.3 is 0 Å². The van der Waals surface area contributed by atoms with Crippen molar-refractivity contribution < 1.29 is 23.7 Å². The van der Waals surface area contributed by atoms with Crippen LogP contribution in [0.5, 0.6) is 0 Å². The van der Waals surface area contributed by atoms with Gasteiger partial charge in [0, 0.05) is 27.1 Å². The molecule has 0 bridgehead atoms. The van der Waals surface area contributed by atoms with Crippen LogP contribution in [0.15, 0.2) is 12.7 Å². The highest BCUT2D eigenvalue weighted by molar-refractivity contribution is 5.80. The maximum Gasteiger partial charge on any atom is 0.220 e. The lowest BCUT2D eigenvalue weighted by molar-refractivity contribution is -0.453. The van der Waals surface area contributed by atoms with Crippen LogP contribution in [0.3, 0.4) is 0 Å². The molecule has 1 saturated heterocycles. The molecule has 1 aliphatic heterocycles. The number of ketones is 1. The average molecular weight is 284 g/mol. The maximum absolute atomic E-state index is 11.9. The van der Waals surface area contributed by atoms with Gasteiger partial charge in [-0.1, -0.05) is 6.08 Å². The molecular weight excluding hydrogens is 260 g/mol. The van der Waals surface area contributed by atoms with Gasteiger partial charge in [-0.2, -0.15) is 0 Å². The number of allylic oxidation sites excluding steroid dienone is 1. The quantitative estimate of drug-likeness (QED) is 0.740. The normalized spacial score (nSPS) is 45.0. The molecule has 0 unspecified atom stereocenters. The summed E-state index contributed by atoms with van der Waals surface area (Å²) in [5.74, 6) is -1.78. The Morgan fingerprint density at radius 1 is 1.25 bits per heavy atom. The first-order chi connectivity index (χ1) is 9.39. The SMILES string of the molecule is C=CC[C@H]1CC(=O)C[C@H]2O[C@](C)(OC)[C@@](C)(OC)O[C@H]12. The van der Waals surface area contributed by atoms with E-state index in [4.69, 9.17) is 18.9 Å². The fourth-order valence-corrected chi connectivity index (χ4v) is 3.08. The first kappa shape index (κ1) is 15.6. The Kier molecular flexibility index (Phi) is 4.35. The van der Waals surface area contributed by atoms with E-state index in [-0.39, 0.29) is 23.9 Å². The maximum atomic E-state index is 11.9. The van der Waals surface area contributed by atoms with Gasteiger partial charge in [-0.05, 0) is 26.2 Å². The molecule has 0 radical (unpaired) electrons. The molecule has 5 atom stereocenters. The van der Waals surface area contributed by atoms with Gasteiger partial charge in [-0.3, -0.25) is 4.79 Å². The van der Waals surface area contributed by atoms with Crippen molar-refractivity contribution >= 4 is 5.78 Å². The summed E-state index contributed by atoms with van der Waals surface area (Å²) in [4.78, 5) is 11.9. The zero-order valence-corrected chi connectivity index (χ0v) is 12.7. The second kappa shape index (κ2) is 5.56. The van der Waals surface area contributed by atoms with Crippen molar-refractivity contribution in [3.8, 4) is 0 Å². The predicted octanol–water partition coefficient (Wildman–Crippen LogP) is 2.05. The molecule has 5 nitrogen and oxygen atoms in total. The fraction of sp³-hybridized carbons (Fsp3) is 0.800. The molecule has 0 spiro atoms. The molecule has 0 aromatic carbocycles.